The SMILES string of the molecule is Cc1nc(C(C)(C)C)sc1C(C)NC(CCCO)c1ccccc1. The van der Waals surface area contributed by atoms with Crippen LogP contribution in [0.25, 0.3) is 0 Å². The van der Waals surface area contributed by atoms with Crippen molar-refractivity contribution < 1.29 is 5.11 Å². The number of nitrogens with zero attached hydrogens (tertiary/aromatic N) is 1. The summed E-state index contributed by atoms with van der Waals surface area (Å²) in [5.41, 5.74) is 2.48. The van der Waals surface area contributed by atoms with E-state index in [-0.39, 0.29) is 24.1 Å². The zero-order chi connectivity index (χ0) is 17.7. The van der Waals surface area contributed by atoms with Gasteiger partial charge in [-0.25, -0.2) is 4.98 Å². The number of rotatable bonds is 7. The number of aromatic nitrogens is 1. The summed E-state index contributed by atoms with van der Waals surface area (Å²) < 4.78 is 0. The highest BCUT2D eigenvalue weighted by atomic mass is 32.1. The maximum absolute atomic E-state index is 9.21. The smallest absolute Gasteiger partial charge is 0.0985 e. The topological polar surface area (TPSA) is 45.2 Å². The Morgan fingerprint density at radius 3 is 2.42 bits per heavy atom. The lowest BCUT2D eigenvalue weighted by atomic mass is 9.98. The Morgan fingerprint density at radius 1 is 1.21 bits per heavy atom. The van der Waals surface area contributed by atoms with Crippen molar-refractivity contribution in [2.24, 2.45) is 0 Å². The normalized spacial score (nSPS) is 14.6. The first-order chi connectivity index (χ1) is 11.3. The first kappa shape index (κ1) is 19.1. The molecule has 2 N–H and O–H groups in total. The number of hydrogen-bond donors (Lipinski definition) is 2. The summed E-state index contributed by atoms with van der Waals surface area (Å²) in [6.45, 7) is 11.2. The van der Waals surface area contributed by atoms with Gasteiger partial charge in [-0.2, -0.15) is 0 Å². The summed E-state index contributed by atoms with van der Waals surface area (Å²) in [4.78, 5) is 6.09. The van der Waals surface area contributed by atoms with Crippen molar-refractivity contribution >= 4 is 11.3 Å². The molecule has 0 aliphatic rings. The minimum absolute atomic E-state index is 0.0864. The van der Waals surface area contributed by atoms with Crippen molar-refractivity contribution in [2.75, 3.05) is 6.61 Å². The third-order valence-corrected chi connectivity index (χ3v) is 5.94. The van der Waals surface area contributed by atoms with Gasteiger partial charge in [0, 0.05) is 29.0 Å². The molecular weight excluding hydrogens is 316 g/mol. The van der Waals surface area contributed by atoms with Gasteiger partial charge in [0.15, 0.2) is 0 Å². The summed E-state index contributed by atoms with van der Waals surface area (Å²) in [6, 6.07) is 11.0. The molecule has 1 aromatic heterocycles. The molecule has 0 radical (unpaired) electrons. The average molecular weight is 347 g/mol. The maximum Gasteiger partial charge on any atom is 0.0985 e. The molecule has 2 rings (SSSR count). The third-order valence-electron chi connectivity index (χ3n) is 4.17. The van der Waals surface area contributed by atoms with E-state index in [1.165, 1.54) is 15.4 Å². The minimum Gasteiger partial charge on any atom is -0.396 e. The number of aliphatic hydroxyl groups excluding tert-OH is 1. The molecular formula is C20H30N2OS. The molecule has 0 amide bonds. The second-order valence-electron chi connectivity index (χ2n) is 7.44. The standard InChI is InChI=1S/C20H30N2OS/c1-14(18-15(2)22-19(24-18)20(3,4)5)21-17(12-9-13-23)16-10-7-6-8-11-16/h6-8,10-11,14,17,21,23H,9,12-13H2,1-5H3. The summed E-state index contributed by atoms with van der Waals surface area (Å²) >= 11 is 1.81. The van der Waals surface area contributed by atoms with Gasteiger partial charge < -0.3 is 10.4 Å². The molecule has 24 heavy (non-hydrogen) atoms. The van der Waals surface area contributed by atoms with Gasteiger partial charge in [-0.1, -0.05) is 51.1 Å². The summed E-state index contributed by atoms with van der Waals surface area (Å²) in [5.74, 6) is 0. The van der Waals surface area contributed by atoms with Crippen molar-refractivity contribution in [3.63, 3.8) is 0 Å². The lowest BCUT2D eigenvalue weighted by molar-refractivity contribution is 0.272. The number of hydrogen-bond acceptors (Lipinski definition) is 4. The maximum atomic E-state index is 9.21. The van der Waals surface area contributed by atoms with Gasteiger partial charge >= 0.3 is 0 Å². The molecule has 0 aliphatic carbocycles. The number of thiazole rings is 1. The van der Waals surface area contributed by atoms with Gasteiger partial charge in [0.25, 0.3) is 0 Å². The molecule has 0 saturated carbocycles. The van der Waals surface area contributed by atoms with Gasteiger partial charge in [0.1, 0.15) is 0 Å². The second-order valence-corrected chi connectivity index (χ2v) is 8.47. The Hall–Kier alpha value is -1.23. The third kappa shape index (κ3) is 4.88. The molecule has 3 nitrogen and oxygen atoms in total. The van der Waals surface area contributed by atoms with Gasteiger partial charge in [-0.05, 0) is 32.3 Å². The average Bonchev–Trinajstić information content (AvgIpc) is 2.94. The molecule has 4 heteroatoms. The first-order valence-electron chi connectivity index (χ1n) is 8.72. The number of aryl methyl sites for hydroxylation is 1. The Morgan fingerprint density at radius 2 is 1.88 bits per heavy atom. The Labute approximate surface area is 150 Å². The number of nitrogens with one attached hydrogen (secondary N) is 1. The van der Waals surface area contributed by atoms with Crippen molar-refractivity contribution in [3.05, 3.63) is 51.5 Å². The van der Waals surface area contributed by atoms with E-state index >= 15 is 0 Å². The lowest BCUT2D eigenvalue weighted by Crippen LogP contribution is -2.25. The second kappa shape index (κ2) is 8.24. The molecule has 132 valence electrons. The van der Waals surface area contributed by atoms with Crippen LogP contribution in [-0.2, 0) is 5.41 Å². The first-order valence-corrected chi connectivity index (χ1v) is 9.54. The lowest BCUT2D eigenvalue weighted by Gasteiger charge is -2.23. The van der Waals surface area contributed by atoms with Gasteiger partial charge in [-0.15, -0.1) is 11.3 Å². The van der Waals surface area contributed by atoms with E-state index in [9.17, 15) is 5.11 Å². The van der Waals surface area contributed by atoms with Crippen LogP contribution >= 0.6 is 11.3 Å². The van der Waals surface area contributed by atoms with E-state index in [0.29, 0.717) is 0 Å². The molecule has 0 aliphatic heterocycles. The molecule has 0 bridgehead atoms. The molecule has 2 unspecified atom stereocenters. The summed E-state index contributed by atoms with van der Waals surface area (Å²) in [6.07, 6.45) is 1.73. The van der Waals surface area contributed by atoms with E-state index in [2.05, 4.69) is 64.2 Å². The van der Waals surface area contributed by atoms with Crippen molar-refractivity contribution in [1.29, 1.82) is 0 Å². The van der Waals surface area contributed by atoms with Gasteiger partial charge in [0.2, 0.25) is 0 Å². The molecule has 0 saturated heterocycles. The minimum atomic E-state index is 0.0864. The Bertz CT molecular complexity index is 631. The van der Waals surface area contributed by atoms with Crippen molar-refractivity contribution in [3.8, 4) is 0 Å². The molecule has 1 aromatic carbocycles. The highest BCUT2D eigenvalue weighted by Crippen LogP contribution is 2.34. The molecule has 0 fully saturated rings. The van der Waals surface area contributed by atoms with E-state index < -0.39 is 0 Å². The van der Waals surface area contributed by atoms with Gasteiger partial charge in [0.05, 0.1) is 10.7 Å². The van der Waals surface area contributed by atoms with Crippen LogP contribution in [0, 0.1) is 6.92 Å². The molecule has 1 heterocycles. The fraction of sp³-hybridized carbons (Fsp3) is 0.550. The highest BCUT2D eigenvalue weighted by molar-refractivity contribution is 7.12. The van der Waals surface area contributed by atoms with Gasteiger partial charge in [-0.3, -0.25) is 0 Å². The van der Waals surface area contributed by atoms with E-state index in [0.717, 1.165) is 18.5 Å². The molecule has 2 atom stereocenters. The number of benzene rings is 1. The Balaban J connectivity index is 2.18. The quantitative estimate of drug-likeness (QED) is 0.748. The van der Waals surface area contributed by atoms with Crippen LogP contribution in [0.15, 0.2) is 30.3 Å². The molecule has 2 aromatic rings. The van der Waals surface area contributed by atoms with Crippen LogP contribution in [-0.4, -0.2) is 16.7 Å². The fourth-order valence-corrected chi connectivity index (χ4v) is 3.97. The van der Waals surface area contributed by atoms with Crippen molar-refractivity contribution in [1.82, 2.24) is 10.3 Å². The van der Waals surface area contributed by atoms with Crippen LogP contribution in [0.4, 0.5) is 0 Å². The van der Waals surface area contributed by atoms with E-state index in [4.69, 9.17) is 4.98 Å². The van der Waals surface area contributed by atoms with Crippen LogP contribution in [0.5, 0.6) is 0 Å². The number of aliphatic hydroxyl groups is 1. The van der Waals surface area contributed by atoms with E-state index in [1.54, 1.807) is 0 Å². The zero-order valence-electron chi connectivity index (χ0n) is 15.5. The van der Waals surface area contributed by atoms with Crippen molar-refractivity contribution in [2.45, 2.75) is 65.0 Å². The molecule has 0 spiro atoms. The predicted octanol–water partition coefficient (Wildman–Crippen LogP) is 4.91. The summed E-state index contributed by atoms with van der Waals surface area (Å²) in [7, 11) is 0. The Kier molecular flexibility index (Phi) is 6.55. The monoisotopic (exact) mass is 346 g/mol. The van der Waals surface area contributed by atoms with Crippen LogP contribution in [0.2, 0.25) is 0 Å². The van der Waals surface area contributed by atoms with Crippen LogP contribution in [0.3, 0.4) is 0 Å². The predicted molar refractivity (Wildman–Crippen MR) is 103 cm³/mol. The van der Waals surface area contributed by atoms with Crippen LogP contribution in [0.1, 0.15) is 73.8 Å². The van der Waals surface area contributed by atoms with Crippen LogP contribution < -0.4 is 5.32 Å². The largest absolute Gasteiger partial charge is 0.396 e. The highest BCUT2D eigenvalue weighted by Gasteiger charge is 2.23. The zero-order valence-corrected chi connectivity index (χ0v) is 16.3. The fourth-order valence-electron chi connectivity index (χ4n) is 2.84. The van der Waals surface area contributed by atoms with E-state index in [1.807, 2.05) is 17.4 Å². The summed E-state index contributed by atoms with van der Waals surface area (Å²) in [5, 5.41) is 14.2.